The minimum atomic E-state index is -0.437. The summed E-state index contributed by atoms with van der Waals surface area (Å²) in [5.74, 6) is -0.135. The maximum Gasteiger partial charge on any atom is 0.293 e. The Morgan fingerprint density at radius 3 is 2.77 bits per heavy atom. The third-order valence-electron chi connectivity index (χ3n) is 2.65. The van der Waals surface area contributed by atoms with E-state index in [9.17, 15) is 9.90 Å². The highest BCUT2D eigenvalue weighted by Crippen LogP contribution is 2.34. The second kappa shape index (κ2) is 6.93. The summed E-state index contributed by atoms with van der Waals surface area (Å²) in [6.45, 7) is 0. The van der Waals surface area contributed by atoms with Crippen molar-refractivity contribution < 1.29 is 14.6 Å². The molecule has 0 saturated carbocycles. The number of halogens is 2. The highest BCUT2D eigenvalue weighted by Gasteiger charge is 2.13. The molecule has 0 fully saturated rings. The van der Waals surface area contributed by atoms with Crippen LogP contribution in [0.25, 0.3) is 0 Å². The molecule has 1 heterocycles. The Kier molecular flexibility index (Phi) is 5.19. The number of nitrogens with zero attached hydrogens (tertiary/aromatic N) is 3. The summed E-state index contributed by atoms with van der Waals surface area (Å²) in [7, 11) is 3.16. The molecular weight excluding hydrogens is 420 g/mol. The number of carbonyl (C=O) groups excluding carboxylic acids is 1. The molecule has 7 nitrogen and oxygen atoms in total. The zero-order valence-electron chi connectivity index (χ0n) is 11.7. The van der Waals surface area contributed by atoms with Crippen LogP contribution in [0.2, 0.25) is 0 Å². The van der Waals surface area contributed by atoms with Crippen LogP contribution in [-0.2, 0) is 7.05 Å². The van der Waals surface area contributed by atoms with E-state index < -0.39 is 5.91 Å². The Balaban J connectivity index is 2.11. The summed E-state index contributed by atoms with van der Waals surface area (Å²) in [5, 5.41) is 17.6. The summed E-state index contributed by atoms with van der Waals surface area (Å²) in [4.78, 5) is 11.9. The van der Waals surface area contributed by atoms with Crippen LogP contribution < -0.4 is 10.2 Å². The molecule has 0 atom stereocenters. The monoisotopic (exact) mass is 430 g/mol. The maximum atomic E-state index is 11.9. The largest absolute Gasteiger partial charge is 0.503 e. The molecule has 0 saturated heterocycles. The number of phenols is 1. The minimum Gasteiger partial charge on any atom is -0.503 e. The van der Waals surface area contributed by atoms with Gasteiger partial charge in [0.05, 0.1) is 22.3 Å². The first-order chi connectivity index (χ1) is 10.4. The molecule has 0 aliphatic rings. The van der Waals surface area contributed by atoms with E-state index >= 15 is 0 Å². The number of hydrogen-bond acceptors (Lipinski definition) is 5. The number of carbonyl (C=O) groups is 1. The topological polar surface area (TPSA) is 88.7 Å². The number of aryl methyl sites for hydroxylation is 1. The van der Waals surface area contributed by atoms with Crippen molar-refractivity contribution in [3.63, 3.8) is 0 Å². The van der Waals surface area contributed by atoms with Crippen molar-refractivity contribution in [2.75, 3.05) is 7.11 Å². The first-order valence-corrected chi connectivity index (χ1v) is 7.60. The molecule has 0 unspecified atom stereocenters. The summed E-state index contributed by atoms with van der Waals surface area (Å²) >= 11 is 6.45. The van der Waals surface area contributed by atoms with E-state index in [0.29, 0.717) is 20.3 Å². The van der Waals surface area contributed by atoms with Gasteiger partial charge in [0.25, 0.3) is 5.91 Å². The van der Waals surface area contributed by atoms with E-state index in [-0.39, 0.29) is 11.4 Å². The van der Waals surface area contributed by atoms with Gasteiger partial charge in [-0.25, -0.2) is 5.43 Å². The highest BCUT2D eigenvalue weighted by atomic mass is 79.9. The Labute approximate surface area is 143 Å². The summed E-state index contributed by atoms with van der Waals surface area (Å²) in [6, 6.07) is 3.23. The van der Waals surface area contributed by atoms with E-state index in [0.717, 1.165) is 0 Å². The fraction of sp³-hybridized carbons (Fsp3) is 0.154. The SMILES string of the molecule is COc1cc(C=NNC(=O)c2nn(C)cc2Br)cc(Br)c1O. The molecule has 2 N–H and O–H groups in total. The summed E-state index contributed by atoms with van der Waals surface area (Å²) < 4.78 is 7.60. The van der Waals surface area contributed by atoms with E-state index in [1.165, 1.54) is 18.0 Å². The standard InChI is InChI=1S/C13H12Br2N4O3/c1-19-6-9(15)11(18-19)13(21)17-16-5-7-3-8(14)12(20)10(4-7)22-2/h3-6,20H,1-2H3,(H,17,21). The quantitative estimate of drug-likeness (QED) is 0.574. The molecule has 2 rings (SSSR count). The zero-order chi connectivity index (χ0) is 16.3. The zero-order valence-corrected chi connectivity index (χ0v) is 14.8. The predicted octanol–water partition coefficient (Wildman–Crippen LogP) is 2.42. The molecule has 0 bridgehead atoms. The van der Waals surface area contributed by atoms with Gasteiger partial charge in [-0.15, -0.1) is 0 Å². The number of aromatic hydroxyl groups is 1. The number of nitrogens with one attached hydrogen (secondary N) is 1. The number of hydrazone groups is 1. The lowest BCUT2D eigenvalue weighted by molar-refractivity contribution is 0.0948. The molecule has 1 aromatic carbocycles. The van der Waals surface area contributed by atoms with Gasteiger partial charge in [0.2, 0.25) is 0 Å². The van der Waals surface area contributed by atoms with Crippen LogP contribution in [0.5, 0.6) is 11.5 Å². The van der Waals surface area contributed by atoms with Gasteiger partial charge in [-0.3, -0.25) is 9.48 Å². The Bertz CT molecular complexity index is 743. The molecule has 0 radical (unpaired) electrons. The van der Waals surface area contributed by atoms with Crippen LogP contribution in [0.15, 0.2) is 32.4 Å². The first-order valence-electron chi connectivity index (χ1n) is 6.01. The van der Waals surface area contributed by atoms with Gasteiger partial charge < -0.3 is 9.84 Å². The van der Waals surface area contributed by atoms with Crippen molar-refractivity contribution in [2.24, 2.45) is 12.1 Å². The van der Waals surface area contributed by atoms with Crippen LogP contribution in [0.1, 0.15) is 16.1 Å². The van der Waals surface area contributed by atoms with Crippen LogP contribution in [-0.4, -0.2) is 34.1 Å². The van der Waals surface area contributed by atoms with E-state index in [4.69, 9.17) is 4.74 Å². The molecule has 0 aliphatic carbocycles. The van der Waals surface area contributed by atoms with Crippen LogP contribution >= 0.6 is 31.9 Å². The maximum absolute atomic E-state index is 11.9. The number of amides is 1. The average Bonchev–Trinajstić information content (AvgIpc) is 2.81. The highest BCUT2D eigenvalue weighted by molar-refractivity contribution is 9.10. The van der Waals surface area contributed by atoms with Crippen molar-refractivity contribution in [3.8, 4) is 11.5 Å². The molecule has 116 valence electrons. The van der Waals surface area contributed by atoms with Gasteiger partial charge in [-0.05, 0) is 49.6 Å². The molecule has 1 amide bonds. The fourth-order valence-corrected chi connectivity index (χ4v) is 2.67. The number of rotatable bonds is 4. The van der Waals surface area contributed by atoms with Crippen LogP contribution in [0, 0.1) is 0 Å². The lowest BCUT2D eigenvalue weighted by Gasteiger charge is -2.06. The molecule has 1 aromatic heterocycles. The van der Waals surface area contributed by atoms with Gasteiger partial charge in [-0.2, -0.15) is 10.2 Å². The van der Waals surface area contributed by atoms with Gasteiger partial charge >= 0.3 is 0 Å². The van der Waals surface area contributed by atoms with E-state index in [1.54, 1.807) is 25.4 Å². The van der Waals surface area contributed by atoms with Crippen molar-refractivity contribution in [1.82, 2.24) is 15.2 Å². The predicted molar refractivity (Wildman–Crippen MR) is 88.3 cm³/mol. The smallest absolute Gasteiger partial charge is 0.293 e. The third-order valence-corrected chi connectivity index (χ3v) is 3.83. The van der Waals surface area contributed by atoms with E-state index in [1.807, 2.05) is 0 Å². The Hall–Kier alpha value is -1.87. The van der Waals surface area contributed by atoms with Crippen molar-refractivity contribution in [1.29, 1.82) is 0 Å². The van der Waals surface area contributed by atoms with Crippen LogP contribution in [0.3, 0.4) is 0 Å². The lowest BCUT2D eigenvalue weighted by atomic mass is 10.2. The molecular formula is C13H12Br2N4O3. The van der Waals surface area contributed by atoms with Crippen molar-refractivity contribution in [2.45, 2.75) is 0 Å². The van der Waals surface area contributed by atoms with Gasteiger partial charge in [-0.1, -0.05) is 0 Å². The van der Waals surface area contributed by atoms with Gasteiger partial charge in [0.15, 0.2) is 17.2 Å². The van der Waals surface area contributed by atoms with E-state index in [2.05, 4.69) is 47.5 Å². The molecule has 2 aromatic rings. The Morgan fingerprint density at radius 1 is 1.45 bits per heavy atom. The number of benzene rings is 1. The second-order valence-electron chi connectivity index (χ2n) is 4.25. The fourth-order valence-electron chi connectivity index (χ4n) is 1.66. The third kappa shape index (κ3) is 3.66. The summed E-state index contributed by atoms with van der Waals surface area (Å²) in [6.07, 6.45) is 3.10. The number of methoxy groups -OCH3 is 1. The number of ether oxygens (including phenoxy) is 1. The molecule has 9 heteroatoms. The summed E-state index contributed by atoms with van der Waals surface area (Å²) in [5.41, 5.74) is 3.26. The van der Waals surface area contributed by atoms with Crippen LogP contribution in [0.4, 0.5) is 0 Å². The van der Waals surface area contributed by atoms with Crippen molar-refractivity contribution in [3.05, 3.63) is 38.5 Å². The number of aromatic nitrogens is 2. The van der Waals surface area contributed by atoms with Crippen molar-refractivity contribution >= 4 is 44.0 Å². The number of phenolic OH excluding ortho intramolecular Hbond substituents is 1. The first kappa shape index (κ1) is 16.5. The normalized spacial score (nSPS) is 10.9. The minimum absolute atomic E-state index is 0.00102. The molecule has 0 aliphatic heterocycles. The average molecular weight is 432 g/mol. The molecule has 22 heavy (non-hydrogen) atoms. The van der Waals surface area contributed by atoms with Gasteiger partial charge in [0.1, 0.15) is 0 Å². The number of hydrogen-bond donors (Lipinski definition) is 2. The van der Waals surface area contributed by atoms with Gasteiger partial charge in [0, 0.05) is 13.2 Å². The Morgan fingerprint density at radius 2 is 2.18 bits per heavy atom. The second-order valence-corrected chi connectivity index (χ2v) is 5.96. The molecule has 0 spiro atoms. The lowest BCUT2D eigenvalue weighted by Crippen LogP contribution is -2.19.